The minimum absolute atomic E-state index is 0.0721. The van der Waals surface area contributed by atoms with Crippen molar-refractivity contribution in [2.75, 3.05) is 18.8 Å². The van der Waals surface area contributed by atoms with E-state index >= 15 is 0 Å². The molecule has 0 saturated carbocycles. The van der Waals surface area contributed by atoms with Crippen LogP contribution in [0.4, 0.5) is 16.3 Å². The van der Waals surface area contributed by atoms with Gasteiger partial charge in [0.25, 0.3) is 0 Å². The molecule has 1 fully saturated rings. The number of β-amino-alcohol motifs (C(OH)–C–C–N with tert-alkyl or cyclic N) is 2. The molecule has 1 aliphatic heterocycles. The summed E-state index contributed by atoms with van der Waals surface area (Å²) in [6.45, 7) is 4.51. The molecule has 2 amide bonds. The number of amides is 2. The van der Waals surface area contributed by atoms with E-state index in [1.807, 2.05) is 13.8 Å². The highest BCUT2D eigenvalue weighted by Crippen LogP contribution is 2.37. The molecule has 1 spiro atoms. The molecule has 0 radical (unpaired) electrons. The van der Waals surface area contributed by atoms with Gasteiger partial charge in [0.1, 0.15) is 11.5 Å². The quantitative estimate of drug-likeness (QED) is 0.419. The number of primary amides is 1. The van der Waals surface area contributed by atoms with Crippen molar-refractivity contribution in [2.24, 2.45) is 16.1 Å². The molecule has 2 heterocycles. The largest absolute Gasteiger partial charge is 0.390 e. The van der Waals surface area contributed by atoms with E-state index in [1.165, 1.54) is 6.20 Å². The summed E-state index contributed by atoms with van der Waals surface area (Å²) in [5, 5.41) is 30.6. The number of rotatable bonds is 3. The fraction of sp³-hybridized carbons (Fsp3) is 0.471. The lowest BCUT2D eigenvalue weighted by Crippen LogP contribution is -2.57. The first-order valence-electron chi connectivity index (χ1n) is 8.72. The second kappa shape index (κ2) is 7.14. The molecule has 1 saturated heterocycles. The Morgan fingerprint density at radius 2 is 2.11 bits per heavy atom. The van der Waals surface area contributed by atoms with E-state index in [-0.39, 0.29) is 6.04 Å². The number of nitrogens with two attached hydrogens (primary N) is 2. The Morgan fingerprint density at radius 1 is 1.44 bits per heavy atom. The summed E-state index contributed by atoms with van der Waals surface area (Å²) in [6, 6.07) is -0.703. The number of nitrogens with zero attached hydrogens (tertiary/aromatic N) is 3. The monoisotopic (exact) mass is 375 g/mol. The molecule has 8 N–H and O–H groups in total. The number of allylic oxidation sites excluding steroid dienone is 1. The average Bonchev–Trinajstić information content (AvgIpc) is 2.95. The van der Waals surface area contributed by atoms with E-state index in [0.717, 1.165) is 0 Å². The first-order valence-corrected chi connectivity index (χ1v) is 8.72. The van der Waals surface area contributed by atoms with Crippen LogP contribution >= 0.6 is 0 Å². The molecule has 1 aliphatic carbocycles. The molecule has 0 aromatic carbocycles. The Bertz CT molecular complexity index is 814. The molecule has 146 valence electrons. The smallest absolute Gasteiger partial charge is 0.316 e. The van der Waals surface area contributed by atoms with Crippen LogP contribution in [0.25, 0.3) is 0 Å². The molecule has 0 bridgehead atoms. The number of nitrogen functional groups attached to an aromatic ring is 1. The summed E-state index contributed by atoms with van der Waals surface area (Å²) >= 11 is 0. The number of hydrogen-bond donors (Lipinski definition) is 6. The highest BCUT2D eigenvalue weighted by atomic mass is 16.3. The third-order valence-electron chi connectivity index (χ3n) is 4.83. The van der Waals surface area contributed by atoms with Gasteiger partial charge in [-0.25, -0.2) is 14.5 Å². The molecule has 3 rings (SSSR count). The summed E-state index contributed by atoms with van der Waals surface area (Å²) < 4.78 is 1.64. The van der Waals surface area contributed by atoms with Gasteiger partial charge in [-0.3, -0.25) is 0 Å². The van der Waals surface area contributed by atoms with Crippen LogP contribution in [-0.4, -0.2) is 57.0 Å². The van der Waals surface area contributed by atoms with E-state index in [1.54, 1.807) is 22.9 Å². The minimum atomic E-state index is -1.05. The zero-order valence-electron chi connectivity index (χ0n) is 15.3. The molecule has 2 unspecified atom stereocenters. The van der Waals surface area contributed by atoms with Crippen molar-refractivity contribution in [3.63, 3.8) is 0 Å². The number of aliphatic imine (C=N–C) groups is 1. The van der Waals surface area contributed by atoms with Crippen LogP contribution in [0.5, 0.6) is 0 Å². The summed E-state index contributed by atoms with van der Waals surface area (Å²) in [6.07, 6.45) is 4.70. The minimum Gasteiger partial charge on any atom is -0.390 e. The van der Waals surface area contributed by atoms with Crippen molar-refractivity contribution in [3.05, 3.63) is 30.1 Å². The van der Waals surface area contributed by atoms with E-state index in [4.69, 9.17) is 11.5 Å². The number of nitrogens with one attached hydrogen (secondary N) is 2. The highest BCUT2D eigenvalue weighted by Gasteiger charge is 2.45. The van der Waals surface area contributed by atoms with Crippen LogP contribution in [0.3, 0.4) is 0 Å². The lowest BCUT2D eigenvalue weighted by Gasteiger charge is -2.43. The standard InChI is InChI=1S/C17H25N7O3/c1-9(2)24-15(18)12(6-21-24)22-10-3-4-17(5-11(10)23-16(19)27)13(25)7-20-8-14(17)26/h3-6,9,13-14,20,25-26H,7-8,18H2,1-2H3,(H3,19,23,27). The summed E-state index contributed by atoms with van der Waals surface area (Å²) in [5.41, 5.74) is 11.5. The normalized spacial score (nSPS) is 29.4. The number of aliphatic hydroxyl groups is 2. The number of aliphatic hydroxyl groups excluding tert-OH is 2. The fourth-order valence-corrected chi connectivity index (χ4v) is 3.35. The maximum atomic E-state index is 11.5. The van der Waals surface area contributed by atoms with Gasteiger partial charge in [0.2, 0.25) is 0 Å². The Hall–Kier alpha value is -2.69. The SMILES string of the molecule is CC(C)n1ncc(N=C2C=CC3(C=C2NC(N)=O)C(O)CNCC3O)c1N. The van der Waals surface area contributed by atoms with Gasteiger partial charge in [-0.1, -0.05) is 6.08 Å². The lowest BCUT2D eigenvalue weighted by atomic mass is 9.71. The summed E-state index contributed by atoms with van der Waals surface area (Å²) in [7, 11) is 0. The van der Waals surface area contributed by atoms with E-state index in [9.17, 15) is 15.0 Å². The van der Waals surface area contributed by atoms with Gasteiger partial charge in [-0.05, 0) is 26.0 Å². The molecular weight excluding hydrogens is 350 g/mol. The maximum absolute atomic E-state index is 11.5. The first kappa shape index (κ1) is 19.1. The van der Waals surface area contributed by atoms with Crippen LogP contribution in [0.2, 0.25) is 0 Å². The topological polar surface area (TPSA) is 164 Å². The third kappa shape index (κ3) is 3.46. The van der Waals surface area contributed by atoms with Crippen molar-refractivity contribution >= 4 is 23.2 Å². The predicted molar refractivity (Wildman–Crippen MR) is 101 cm³/mol. The van der Waals surface area contributed by atoms with Crippen molar-refractivity contribution in [2.45, 2.75) is 32.1 Å². The van der Waals surface area contributed by atoms with Gasteiger partial charge in [0, 0.05) is 19.1 Å². The molecule has 10 heteroatoms. The van der Waals surface area contributed by atoms with Crippen LogP contribution in [-0.2, 0) is 0 Å². The molecular formula is C17H25N7O3. The number of carbonyl (C=O) groups excluding carboxylic acids is 1. The van der Waals surface area contributed by atoms with Crippen LogP contribution in [0, 0.1) is 5.41 Å². The van der Waals surface area contributed by atoms with E-state index in [0.29, 0.717) is 36.0 Å². The Morgan fingerprint density at radius 3 is 2.67 bits per heavy atom. The van der Waals surface area contributed by atoms with Gasteiger partial charge in [0.15, 0.2) is 0 Å². The van der Waals surface area contributed by atoms with Gasteiger partial charge in [0.05, 0.1) is 35.2 Å². The van der Waals surface area contributed by atoms with Crippen LogP contribution in [0.1, 0.15) is 19.9 Å². The Labute approximate surface area is 156 Å². The summed E-state index contributed by atoms with van der Waals surface area (Å²) in [5.74, 6) is 0.395. The van der Waals surface area contributed by atoms with Gasteiger partial charge in [-0.15, -0.1) is 0 Å². The van der Waals surface area contributed by atoms with Gasteiger partial charge in [-0.2, -0.15) is 5.10 Å². The number of anilines is 1. The number of carbonyl (C=O) groups is 1. The molecule has 1 aromatic rings. The van der Waals surface area contributed by atoms with Crippen molar-refractivity contribution in [1.29, 1.82) is 0 Å². The molecule has 10 nitrogen and oxygen atoms in total. The second-order valence-corrected chi connectivity index (χ2v) is 7.02. The summed E-state index contributed by atoms with van der Waals surface area (Å²) in [4.78, 5) is 16.0. The molecule has 2 aliphatic rings. The highest BCUT2D eigenvalue weighted by molar-refractivity contribution is 6.12. The Kier molecular flexibility index (Phi) is 5.05. The average molecular weight is 375 g/mol. The second-order valence-electron chi connectivity index (χ2n) is 7.02. The van der Waals surface area contributed by atoms with Crippen molar-refractivity contribution in [3.8, 4) is 0 Å². The van der Waals surface area contributed by atoms with Crippen molar-refractivity contribution in [1.82, 2.24) is 20.4 Å². The maximum Gasteiger partial charge on any atom is 0.316 e. The number of urea groups is 1. The molecule has 1 aromatic heterocycles. The third-order valence-corrected chi connectivity index (χ3v) is 4.83. The Balaban J connectivity index is 2.03. The van der Waals surface area contributed by atoms with Crippen LogP contribution < -0.4 is 22.1 Å². The van der Waals surface area contributed by atoms with E-state index in [2.05, 4.69) is 20.7 Å². The number of aromatic nitrogens is 2. The number of hydrogen-bond acceptors (Lipinski definition) is 7. The zero-order valence-corrected chi connectivity index (χ0v) is 15.3. The fourth-order valence-electron chi connectivity index (χ4n) is 3.35. The van der Waals surface area contributed by atoms with Gasteiger partial charge < -0.3 is 32.3 Å². The molecule has 27 heavy (non-hydrogen) atoms. The molecule has 2 atom stereocenters. The predicted octanol–water partition coefficient (Wildman–Crippen LogP) is -0.448. The van der Waals surface area contributed by atoms with Gasteiger partial charge >= 0.3 is 6.03 Å². The van der Waals surface area contributed by atoms with Crippen LogP contribution in [0.15, 0.2) is 35.1 Å². The lowest BCUT2D eigenvalue weighted by molar-refractivity contribution is -0.0327. The number of piperidine rings is 1. The van der Waals surface area contributed by atoms with E-state index < -0.39 is 23.7 Å². The first-order chi connectivity index (χ1) is 12.7. The zero-order chi connectivity index (χ0) is 19.8. The van der Waals surface area contributed by atoms with Crippen molar-refractivity contribution < 1.29 is 15.0 Å².